The quantitative estimate of drug-likeness (QED) is 0.840. The maximum atomic E-state index is 7.69. The summed E-state index contributed by atoms with van der Waals surface area (Å²) in [5, 5.41) is 0.959. The second-order valence-corrected chi connectivity index (χ2v) is 6.11. The molecular formula is C13H18IN5. The van der Waals surface area contributed by atoms with Crippen LogP contribution in [0.5, 0.6) is 0 Å². The van der Waals surface area contributed by atoms with Crippen LogP contribution in [0.2, 0.25) is 0 Å². The van der Waals surface area contributed by atoms with Crippen LogP contribution in [0, 0.1) is 3.57 Å². The SMILES string of the molecule is [2H][C@@H](C)CN1CCC(n2cc(I)c3c(N)ncnc32)C1. The molecule has 5 nitrogen and oxygen atoms in total. The van der Waals surface area contributed by atoms with E-state index < -0.39 is 0 Å². The van der Waals surface area contributed by atoms with Crippen LogP contribution in [-0.2, 0) is 0 Å². The van der Waals surface area contributed by atoms with Gasteiger partial charge in [-0.15, -0.1) is 0 Å². The van der Waals surface area contributed by atoms with Crippen LogP contribution in [0.25, 0.3) is 11.0 Å². The molecule has 2 atom stereocenters. The fraction of sp³-hybridized carbons (Fsp3) is 0.538. The molecule has 0 aliphatic carbocycles. The highest BCUT2D eigenvalue weighted by Gasteiger charge is 2.25. The minimum atomic E-state index is -0.0340. The lowest BCUT2D eigenvalue weighted by molar-refractivity contribution is 0.325. The van der Waals surface area contributed by atoms with Crippen LogP contribution < -0.4 is 5.73 Å². The molecule has 19 heavy (non-hydrogen) atoms. The molecule has 0 spiro atoms. The van der Waals surface area contributed by atoms with Crippen molar-refractivity contribution < 1.29 is 1.37 Å². The van der Waals surface area contributed by atoms with E-state index in [1.54, 1.807) is 0 Å². The Morgan fingerprint density at radius 1 is 1.58 bits per heavy atom. The summed E-state index contributed by atoms with van der Waals surface area (Å²) in [6.45, 7) is 4.80. The van der Waals surface area contributed by atoms with Crippen molar-refractivity contribution in [1.29, 1.82) is 0 Å². The molecule has 2 N–H and O–H groups in total. The highest BCUT2D eigenvalue weighted by molar-refractivity contribution is 14.1. The number of nitrogen functional groups attached to an aromatic ring is 1. The molecule has 1 aliphatic rings. The molecule has 0 saturated carbocycles. The van der Waals surface area contributed by atoms with E-state index >= 15 is 0 Å². The summed E-state index contributed by atoms with van der Waals surface area (Å²) in [4.78, 5) is 10.8. The summed E-state index contributed by atoms with van der Waals surface area (Å²) in [5.41, 5.74) is 6.88. The molecule has 2 aromatic rings. The molecule has 1 aliphatic heterocycles. The van der Waals surface area contributed by atoms with E-state index in [0.29, 0.717) is 11.9 Å². The molecule has 102 valence electrons. The van der Waals surface area contributed by atoms with Gasteiger partial charge < -0.3 is 15.2 Å². The van der Waals surface area contributed by atoms with Crippen molar-refractivity contribution in [3.8, 4) is 0 Å². The third kappa shape index (κ3) is 2.31. The van der Waals surface area contributed by atoms with Crippen LogP contribution in [0.15, 0.2) is 12.5 Å². The van der Waals surface area contributed by atoms with E-state index in [1.165, 1.54) is 6.33 Å². The molecule has 0 radical (unpaired) electrons. The van der Waals surface area contributed by atoms with Crippen molar-refractivity contribution >= 4 is 39.4 Å². The lowest BCUT2D eigenvalue weighted by Gasteiger charge is -2.16. The number of hydrogen-bond acceptors (Lipinski definition) is 4. The number of aromatic nitrogens is 3. The average molecular weight is 372 g/mol. The van der Waals surface area contributed by atoms with Crippen molar-refractivity contribution in [2.45, 2.75) is 25.8 Å². The number of halogens is 1. The minimum absolute atomic E-state index is 0.0340. The number of fused-ring (bicyclic) bond motifs is 1. The third-order valence-electron chi connectivity index (χ3n) is 3.67. The van der Waals surface area contributed by atoms with Crippen molar-refractivity contribution in [2.24, 2.45) is 0 Å². The zero-order valence-corrected chi connectivity index (χ0v) is 13.0. The van der Waals surface area contributed by atoms with Gasteiger partial charge in [0, 0.05) is 30.3 Å². The first kappa shape index (κ1) is 11.9. The Morgan fingerprint density at radius 3 is 3.21 bits per heavy atom. The van der Waals surface area contributed by atoms with E-state index in [-0.39, 0.29) is 6.40 Å². The minimum Gasteiger partial charge on any atom is -0.383 e. The van der Waals surface area contributed by atoms with Crippen LogP contribution in [0.3, 0.4) is 0 Å². The molecule has 6 heteroatoms. The Morgan fingerprint density at radius 2 is 2.42 bits per heavy atom. The van der Waals surface area contributed by atoms with Crippen molar-refractivity contribution in [1.82, 2.24) is 19.4 Å². The number of nitrogens with zero attached hydrogens (tertiary/aromatic N) is 4. The fourth-order valence-electron chi connectivity index (χ4n) is 2.80. The van der Waals surface area contributed by atoms with E-state index in [9.17, 15) is 0 Å². The van der Waals surface area contributed by atoms with Crippen molar-refractivity contribution in [3.05, 3.63) is 16.1 Å². The number of likely N-dealkylation sites (tertiary alicyclic amines) is 1. The van der Waals surface area contributed by atoms with E-state index in [0.717, 1.165) is 40.7 Å². The summed E-state index contributed by atoms with van der Waals surface area (Å²) < 4.78 is 11.0. The largest absolute Gasteiger partial charge is 0.383 e. The molecular weight excluding hydrogens is 353 g/mol. The summed E-state index contributed by atoms with van der Waals surface area (Å²) in [6.07, 6.45) is 4.71. The predicted octanol–water partition coefficient (Wildman–Crippen LogP) is 2.27. The first-order chi connectivity index (χ1) is 9.56. The summed E-state index contributed by atoms with van der Waals surface area (Å²) in [7, 11) is 0. The second-order valence-electron chi connectivity index (χ2n) is 4.95. The van der Waals surface area contributed by atoms with Gasteiger partial charge in [0.1, 0.15) is 17.8 Å². The molecule has 2 aromatic heterocycles. The van der Waals surface area contributed by atoms with Crippen LogP contribution >= 0.6 is 22.6 Å². The standard InChI is InChI=1S/C13H18IN5/c1-2-4-18-5-3-9(6-18)19-7-10(14)11-12(15)16-8-17-13(11)19/h7-9H,2-6H2,1H3,(H2,15,16,17)/i2D/t2-,9?/m0/s1. The number of hydrogen-bond donors (Lipinski definition) is 1. The zero-order valence-electron chi connectivity index (χ0n) is 11.9. The molecule has 3 heterocycles. The van der Waals surface area contributed by atoms with E-state index in [1.807, 2.05) is 6.92 Å². The average Bonchev–Trinajstić information content (AvgIpc) is 2.94. The maximum absolute atomic E-state index is 7.69. The normalized spacial score (nSPS) is 22.8. The van der Waals surface area contributed by atoms with Crippen molar-refractivity contribution in [3.63, 3.8) is 0 Å². The van der Waals surface area contributed by atoms with Gasteiger partial charge in [0.25, 0.3) is 0 Å². The highest BCUT2D eigenvalue weighted by atomic mass is 127. The lowest BCUT2D eigenvalue weighted by Crippen LogP contribution is -2.22. The van der Waals surface area contributed by atoms with Gasteiger partial charge in [-0.25, -0.2) is 9.97 Å². The smallest absolute Gasteiger partial charge is 0.146 e. The number of nitrogens with two attached hydrogens (primary N) is 1. The van der Waals surface area contributed by atoms with Crippen LogP contribution in [0.1, 0.15) is 27.2 Å². The summed E-state index contributed by atoms with van der Waals surface area (Å²) in [5.74, 6) is 0.549. The van der Waals surface area contributed by atoms with E-state index in [4.69, 9.17) is 7.10 Å². The molecule has 1 saturated heterocycles. The molecule has 0 bridgehead atoms. The molecule has 1 fully saturated rings. The molecule has 0 aromatic carbocycles. The first-order valence-corrected chi connectivity index (χ1v) is 7.55. The summed E-state index contributed by atoms with van der Waals surface area (Å²) in [6, 6.07) is 0.411. The zero-order chi connectivity index (χ0) is 14.3. The highest BCUT2D eigenvalue weighted by Crippen LogP contribution is 2.31. The summed E-state index contributed by atoms with van der Waals surface area (Å²) >= 11 is 2.29. The maximum Gasteiger partial charge on any atom is 0.146 e. The van der Waals surface area contributed by atoms with Crippen LogP contribution in [-0.4, -0.2) is 39.1 Å². The van der Waals surface area contributed by atoms with Crippen molar-refractivity contribution in [2.75, 3.05) is 25.4 Å². The van der Waals surface area contributed by atoms with E-state index in [2.05, 4.69) is 48.2 Å². The lowest BCUT2D eigenvalue weighted by atomic mass is 10.2. The van der Waals surface area contributed by atoms with Gasteiger partial charge in [0.05, 0.1) is 5.39 Å². The Bertz CT molecular complexity index is 626. The second kappa shape index (κ2) is 5.24. The number of anilines is 1. The van der Waals surface area contributed by atoms with Gasteiger partial charge in [0.2, 0.25) is 0 Å². The predicted molar refractivity (Wildman–Crippen MR) is 85.0 cm³/mol. The molecule has 3 rings (SSSR count). The molecule has 0 amide bonds. The van der Waals surface area contributed by atoms with Gasteiger partial charge in [0.15, 0.2) is 0 Å². The first-order valence-electron chi connectivity index (χ1n) is 7.05. The Kier molecular flexibility index (Phi) is 3.28. The molecule has 1 unspecified atom stereocenters. The van der Waals surface area contributed by atoms with Gasteiger partial charge in [-0.3, -0.25) is 0 Å². The third-order valence-corrected chi connectivity index (χ3v) is 4.49. The van der Waals surface area contributed by atoms with Gasteiger partial charge in [-0.2, -0.15) is 0 Å². The van der Waals surface area contributed by atoms with Crippen LogP contribution in [0.4, 0.5) is 5.82 Å². The Balaban J connectivity index is 1.90. The fourth-order valence-corrected chi connectivity index (χ4v) is 3.62. The Labute approximate surface area is 127 Å². The number of rotatable bonds is 3. The van der Waals surface area contributed by atoms with Gasteiger partial charge in [-0.05, 0) is 42.0 Å². The van der Waals surface area contributed by atoms with Gasteiger partial charge >= 0.3 is 0 Å². The van der Waals surface area contributed by atoms with Gasteiger partial charge in [-0.1, -0.05) is 6.92 Å². The topological polar surface area (TPSA) is 60.0 Å². The monoisotopic (exact) mass is 372 g/mol. The Hall–Kier alpha value is -0.890.